The van der Waals surface area contributed by atoms with Gasteiger partial charge in [-0.25, -0.2) is 14.5 Å². The Balaban J connectivity index is 1.66. The van der Waals surface area contributed by atoms with E-state index >= 15 is 0 Å². The number of fused-ring (bicyclic) bond motifs is 1. The Morgan fingerprint density at radius 2 is 1.85 bits per heavy atom. The normalized spacial score (nSPS) is 18.1. The Labute approximate surface area is 194 Å². The van der Waals surface area contributed by atoms with Crippen molar-refractivity contribution in [3.05, 3.63) is 35.2 Å². The molecule has 0 aliphatic carbocycles. The molecule has 3 N–H and O–H groups in total. The van der Waals surface area contributed by atoms with Crippen LogP contribution in [0.25, 0.3) is 16.9 Å². The molecule has 12 heteroatoms. The highest BCUT2D eigenvalue weighted by molar-refractivity contribution is 5.74. The van der Waals surface area contributed by atoms with Crippen LogP contribution in [0.5, 0.6) is 0 Å². The van der Waals surface area contributed by atoms with Gasteiger partial charge in [-0.3, -0.25) is 4.90 Å². The number of nitrogen functional groups attached to an aromatic ring is 1. The minimum atomic E-state index is -4.62. The van der Waals surface area contributed by atoms with Gasteiger partial charge in [0.2, 0.25) is 0 Å². The highest BCUT2D eigenvalue weighted by atomic mass is 19.4. The van der Waals surface area contributed by atoms with Crippen molar-refractivity contribution in [2.24, 2.45) is 0 Å². The zero-order valence-electron chi connectivity index (χ0n) is 18.9. The number of anilines is 2. The number of alkyl halides is 3. The van der Waals surface area contributed by atoms with Crippen LogP contribution in [0.3, 0.4) is 0 Å². The largest absolute Gasteiger partial charge is 0.417 e. The van der Waals surface area contributed by atoms with Crippen LogP contribution in [-0.2, 0) is 17.5 Å². The lowest BCUT2D eigenvalue weighted by Crippen LogP contribution is -2.42. The fourth-order valence-corrected chi connectivity index (χ4v) is 4.49. The molecular weight excluding hydrogens is 449 g/mol. The van der Waals surface area contributed by atoms with Crippen molar-refractivity contribution in [1.82, 2.24) is 29.8 Å². The van der Waals surface area contributed by atoms with Crippen LogP contribution in [0.1, 0.15) is 16.8 Å². The smallest absolute Gasteiger partial charge is 0.384 e. The molecule has 0 amide bonds. The van der Waals surface area contributed by atoms with Crippen LogP contribution in [0.2, 0.25) is 0 Å². The van der Waals surface area contributed by atoms with E-state index in [1.165, 1.54) is 0 Å². The zero-order valence-corrected chi connectivity index (χ0v) is 18.9. The predicted octanol–water partition coefficient (Wildman–Crippen LogP) is 1.94. The number of piperazine rings is 1. The number of aromatic nitrogens is 4. The molecule has 2 aliphatic rings. The summed E-state index contributed by atoms with van der Waals surface area (Å²) in [5, 5.41) is 7.90. The first-order chi connectivity index (χ1) is 16.3. The van der Waals surface area contributed by atoms with E-state index in [0.717, 1.165) is 61.8 Å². The summed E-state index contributed by atoms with van der Waals surface area (Å²) in [4.78, 5) is 12.9. The van der Waals surface area contributed by atoms with Crippen molar-refractivity contribution in [2.45, 2.75) is 19.6 Å². The van der Waals surface area contributed by atoms with Crippen molar-refractivity contribution >= 4 is 17.2 Å². The van der Waals surface area contributed by atoms with Gasteiger partial charge in [-0.2, -0.15) is 13.2 Å². The molecule has 9 nitrogen and oxygen atoms in total. The van der Waals surface area contributed by atoms with Crippen molar-refractivity contribution in [3.63, 3.8) is 0 Å². The molecule has 182 valence electrons. The summed E-state index contributed by atoms with van der Waals surface area (Å²) >= 11 is 0. The van der Waals surface area contributed by atoms with Crippen LogP contribution < -0.4 is 16.0 Å². The number of morpholine rings is 1. The second-order valence-electron chi connectivity index (χ2n) is 8.59. The molecular formula is C22H27F3N8O. The second kappa shape index (κ2) is 9.01. The zero-order chi connectivity index (χ0) is 23.9. The first-order valence-electron chi connectivity index (χ1n) is 11.3. The molecule has 0 aromatic carbocycles. The van der Waals surface area contributed by atoms with Crippen LogP contribution in [-0.4, -0.2) is 77.0 Å². The van der Waals surface area contributed by atoms with Gasteiger partial charge in [-0.05, 0) is 24.6 Å². The molecule has 0 atom stereocenters. The third kappa shape index (κ3) is 4.40. The lowest BCUT2D eigenvalue weighted by Gasteiger charge is -2.28. The summed E-state index contributed by atoms with van der Waals surface area (Å²) in [7, 11) is 0. The number of rotatable bonds is 4. The summed E-state index contributed by atoms with van der Waals surface area (Å²) in [6.07, 6.45) is -3.52. The molecule has 0 spiro atoms. The number of nitrogens with zero attached hydrogens (tertiary/aromatic N) is 6. The van der Waals surface area contributed by atoms with Gasteiger partial charge in [-0.15, -0.1) is 5.10 Å². The van der Waals surface area contributed by atoms with Gasteiger partial charge in [0.15, 0.2) is 11.6 Å². The minimum absolute atomic E-state index is 0.0405. The first-order valence-corrected chi connectivity index (χ1v) is 11.3. The number of hydrogen-bond acceptors (Lipinski definition) is 8. The molecule has 0 radical (unpaired) electrons. The quantitative estimate of drug-likeness (QED) is 0.590. The van der Waals surface area contributed by atoms with Crippen molar-refractivity contribution < 1.29 is 17.9 Å². The van der Waals surface area contributed by atoms with Crippen LogP contribution >= 0.6 is 0 Å². The summed E-state index contributed by atoms with van der Waals surface area (Å²) in [5.74, 6) is 0.343. The van der Waals surface area contributed by atoms with E-state index in [1.54, 1.807) is 4.52 Å². The Kier molecular flexibility index (Phi) is 6.04. The number of hydrogen-bond donors (Lipinski definition) is 2. The number of halogens is 3. The molecule has 3 aromatic rings. The fraction of sp³-hybridized carbons (Fsp3) is 0.500. The van der Waals surface area contributed by atoms with E-state index < -0.39 is 11.7 Å². The number of aryl methyl sites for hydroxylation is 1. The Hall–Kier alpha value is -2.96. The molecule has 34 heavy (non-hydrogen) atoms. The minimum Gasteiger partial charge on any atom is -0.384 e. The lowest BCUT2D eigenvalue weighted by molar-refractivity contribution is -0.137. The molecule has 2 saturated heterocycles. The topological polar surface area (TPSA) is 96.8 Å². The van der Waals surface area contributed by atoms with Crippen LogP contribution in [0.4, 0.5) is 24.8 Å². The molecule has 3 aromatic heterocycles. The fourth-order valence-electron chi connectivity index (χ4n) is 4.49. The standard InChI is InChI=1S/C22H27F3N8O/c1-14-15(13-31-4-2-27-3-5-31)10-18-21(32-6-8-34-9-7-32)29-20(30-33(14)18)16-12-28-19(26)11-17(16)22(23,24)25/h10-12,27H,2-9,13H2,1H3,(H2,26,28). The molecule has 2 aliphatic heterocycles. The molecule has 5 rings (SSSR count). The summed E-state index contributed by atoms with van der Waals surface area (Å²) in [6, 6.07) is 2.88. The van der Waals surface area contributed by atoms with Crippen LogP contribution in [0.15, 0.2) is 18.3 Å². The second-order valence-corrected chi connectivity index (χ2v) is 8.59. The van der Waals surface area contributed by atoms with E-state index in [4.69, 9.17) is 10.5 Å². The van der Waals surface area contributed by atoms with E-state index in [9.17, 15) is 13.2 Å². The van der Waals surface area contributed by atoms with Gasteiger partial charge in [-0.1, -0.05) is 0 Å². The highest BCUT2D eigenvalue weighted by Gasteiger charge is 2.36. The first kappa shape index (κ1) is 22.8. The third-order valence-corrected chi connectivity index (χ3v) is 6.34. The van der Waals surface area contributed by atoms with E-state index in [1.807, 2.05) is 11.8 Å². The van der Waals surface area contributed by atoms with Gasteiger partial charge < -0.3 is 20.7 Å². The average Bonchev–Trinajstić information content (AvgIpc) is 3.14. The lowest BCUT2D eigenvalue weighted by atomic mass is 10.1. The van der Waals surface area contributed by atoms with Gasteiger partial charge in [0.1, 0.15) is 11.3 Å². The van der Waals surface area contributed by atoms with Gasteiger partial charge in [0.25, 0.3) is 0 Å². The Morgan fingerprint density at radius 3 is 2.56 bits per heavy atom. The summed E-state index contributed by atoms with van der Waals surface area (Å²) in [6.45, 7) is 8.65. The van der Waals surface area contributed by atoms with Crippen molar-refractivity contribution in [3.8, 4) is 11.4 Å². The molecule has 0 bridgehead atoms. The monoisotopic (exact) mass is 476 g/mol. The number of pyridine rings is 1. The maximum Gasteiger partial charge on any atom is 0.417 e. The number of nitrogens with two attached hydrogens (primary N) is 1. The SMILES string of the molecule is Cc1c(CN2CCNCC2)cc2c(N3CCOCC3)nc(-c3cnc(N)cc3C(F)(F)F)nn12. The summed E-state index contributed by atoms with van der Waals surface area (Å²) < 4.78 is 48.7. The van der Waals surface area contributed by atoms with E-state index in [-0.39, 0.29) is 17.2 Å². The third-order valence-electron chi connectivity index (χ3n) is 6.34. The van der Waals surface area contributed by atoms with Crippen LogP contribution in [0, 0.1) is 6.92 Å². The summed E-state index contributed by atoms with van der Waals surface area (Å²) in [5.41, 5.74) is 7.19. The average molecular weight is 477 g/mol. The molecule has 5 heterocycles. The van der Waals surface area contributed by atoms with Crippen molar-refractivity contribution in [1.29, 1.82) is 0 Å². The predicted molar refractivity (Wildman–Crippen MR) is 122 cm³/mol. The maximum absolute atomic E-state index is 13.8. The van der Waals surface area contributed by atoms with Gasteiger partial charge in [0.05, 0.1) is 24.3 Å². The number of nitrogens with one attached hydrogen (secondary N) is 1. The molecule has 0 saturated carbocycles. The maximum atomic E-state index is 13.8. The van der Waals surface area contributed by atoms with E-state index in [0.29, 0.717) is 32.1 Å². The van der Waals surface area contributed by atoms with Crippen molar-refractivity contribution in [2.75, 3.05) is 63.1 Å². The number of ether oxygens (including phenoxy) is 1. The highest BCUT2D eigenvalue weighted by Crippen LogP contribution is 2.37. The van der Waals surface area contributed by atoms with Gasteiger partial charge in [0, 0.05) is 57.7 Å². The Bertz CT molecular complexity index is 1180. The molecule has 0 unspecified atom stereocenters. The Morgan fingerprint density at radius 1 is 1.12 bits per heavy atom. The van der Waals surface area contributed by atoms with E-state index in [2.05, 4.69) is 31.3 Å². The van der Waals surface area contributed by atoms with Gasteiger partial charge >= 0.3 is 6.18 Å². The molecule has 2 fully saturated rings.